The average molecular weight is 278 g/mol. The molecule has 0 saturated carbocycles. The number of nitrogens with zero attached hydrogens (tertiary/aromatic N) is 1. The maximum Gasteiger partial charge on any atom is 0.0786 e. The van der Waals surface area contributed by atoms with Gasteiger partial charge in [-0.25, -0.2) is 0 Å². The summed E-state index contributed by atoms with van der Waals surface area (Å²) in [5, 5.41) is 2.57. The predicted octanol–water partition coefficient (Wildman–Crippen LogP) is 4.55. The number of benzene rings is 2. The molecular formula is C17H14N2S. The van der Waals surface area contributed by atoms with Crippen LogP contribution < -0.4 is 5.84 Å². The number of aromatic nitrogens is 1. The highest BCUT2D eigenvalue weighted by molar-refractivity contribution is 7.26. The zero-order valence-electron chi connectivity index (χ0n) is 11.1. The Morgan fingerprint density at radius 2 is 1.65 bits per heavy atom. The van der Waals surface area contributed by atoms with Crippen molar-refractivity contribution in [1.82, 2.24) is 4.68 Å². The van der Waals surface area contributed by atoms with Gasteiger partial charge >= 0.3 is 0 Å². The van der Waals surface area contributed by atoms with Crippen molar-refractivity contribution in [3.05, 3.63) is 60.3 Å². The van der Waals surface area contributed by atoms with Gasteiger partial charge in [-0.15, -0.1) is 11.3 Å². The van der Waals surface area contributed by atoms with Crippen LogP contribution >= 0.6 is 11.3 Å². The van der Waals surface area contributed by atoms with E-state index in [4.69, 9.17) is 5.84 Å². The average Bonchev–Trinajstić information content (AvgIpc) is 2.97. The molecule has 2 aromatic carbocycles. The molecule has 20 heavy (non-hydrogen) atoms. The monoisotopic (exact) mass is 278 g/mol. The van der Waals surface area contributed by atoms with Crippen molar-refractivity contribution in [3.8, 4) is 11.3 Å². The Labute approximate surface area is 121 Å². The number of thiophene rings is 1. The zero-order chi connectivity index (χ0) is 13.7. The number of rotatable bonds is 1. The number of hydrogen-bond acceptors (Lipinski definition) is 2. The van der Waals surface area contributed by atoms with Crippen LogP contribution in [0, 0.1) is 6.92 Å². The number of hydrogen-bond donors (Lipinski definition) is 1. The van der Waals surface area contributed by atoms with Crippen molar-refractivity contribution in [2.24, 2.45) is 0 Å². The first-order valence-corrected chi connectivity index (χ1v) is 7.42. The van der Waals surface area contributed by atoms with Gasteiger partial charge in [0.1, 0.15) is 0 Å². The third kappa shape index (κ3) is 1.44. The van der Waals surface area contributed by atoms with Crippen LogP contribution in [0.1, 0.15) is 5.69 Å². The van der Waals surface area contributed by atoms with Gasteiger partial charge in [-0.1, -0.05) is 48.5 Å². The molecular weight excluding hydrogens is 264 g/mol. The normalized spacial score (nSPS) is 11.4. The summed E-state index contributed by atoms with van der Waals surface area (Å²) in [6.07, 6.45) is 0. The zero-order valence-corrected chi connectivity index (χ0v) is 11.9. The SMILES string of the molecule is Cc1c2sc3ccccc3c2c(-c2ccccc2)n1N. The molecule has 98 valence electrons. The molecule has 2 nitrogen and oxygen atoms in total. The Bertz CT molecular complexity index is 916. The van der Waals surface area contributed by atoms with Gasteiger partial charge in [-0.05, 0) is 13.0 Å². The maximum absolute atomic E-state index is 6.31. The lowest BCUT2D eigenvalue weighted by atomic mass is 10.1. The van der Waals surface area contributed by atoms with Crippen LogP contribution in [0.2, 0.25) is 0 Å². The number of aryl methyl sites for hydroxylation is 1. The lowest BCUT2D eigenvalue weighted by Crippen LogP contribution is -2.11. The van der Waals surface area contributed by atoms with Crippen molar-refractivity contribution in [3.63, 3.8) is 0 Å². The van der Waals surface area contributed by atoms with Crippen LogP contribution in [0.3, 0.4) is 0 Å². The lowest BCUT2D eigenvalue weighted by molar-refractivity contribution is 0.979. The molecule has 0 amide bonds. The van der Waals surface area contributed by atoms with Crippen molar-refractivity contribution in [1.29, 1.82) is 0 Å². The number of nitrogen functional groups attached to an aromatic ring is 1. The molecule has 0 fully saturated rings. The standard InChI is InChI=1S/C17H14N2S/c1-11-17-15(13-9-5-6-10-14(13)20-17)16(19(11)18)12-7-3-2-4-8-12/h2-10H,18H2,1H3. The van der Waals surface area contributed by atoms with Gasteiger partial charge in [0.15, 0.2) is 0 Å². The van der Waals surface area contributed by atoms with Crippen LogP contribution in [0.15, 0.2) is 54.6 Å². The van der Waals surface area contributed by atoms with Crippen LogP contribution in [-0.4, -0.2) is 4.68 Å². The molecule has 0 aliphatic heterocycles. The van der Waals surface area contributed by atoms with Gasteiger partial charge in [0.25, 0.3) is 0 Å². The largest absolute Gasteiger partial charge is 0.339 e. The van der Waals surface area contributed by atoms with E-state index < -0.39 is 0 Å². The van der Waals surface area contributed by atoms with Crippen molar-refractivity contribution in [2.45, 2.75) is 6.92 Å². The summed E-state index contributed by atoms with van der Waals surface area (Å²) in [4.78, 5) is 0. The highest BCUT2D eigenvalue weighted by atomic mass is 32.1. The van der Waals surface area contributed by atoms with E-state index in [-0.39, 0.29) is 0 Å². The molecule has 0 aliphatic carbocycles. The Balaban J connectivity index is 2.22. The van der Waals surface area contributed by atoms with E-state index in [2.05, 4.69) is 55.5 Å². The summed E-state index contributed by atoms with van der Waals surface area (Å²) in [7, 11) is 0. The third-order valence-corrected chi connectivity index (χ3v) is 5.09. The first-order valence-electron chi connectivity index (χ1n) is 6.60. The number of fused-ring (bicyclic) bond motifs is 3. The van der Waals surface area contributed by atoms with E-state index in [1.165, 1.54) is 20.2 Å². The van der Waals surface area contributed by atoms with Gasteiger partial charge in [0, 0.05) is 21.0 Å². The predicted molar refractivity (Wildman–Crippen MR) is 87.6 cm³/mol. The second-order valence-corrected chi connectivity index (χ2v) is 6.02. The van der Waals surface area contributed by atoms with E-state index in [1.54, 1.807) is 0 Å². The summed E-state index contributed by atoms with van der Waals surface area (Å²) in [6, 6.07) is 18.9. The first-order chi connectivity index (χ1) is 9.77. The molecule has 3 heteroatoms. The van der Waals surface area contributed by atoms with Gasteiger partial charge in [0.05, 0.1) is 16.1 Å². The summed E-state index contributed by atoms with van der Waals surface area (Å²) >= 11 is 1.82. The fraction of sp³-hybridized carbons (Fsp3) is 0.0588. The second-order valence-electron chi connectivity index (χ2n) is 4.97. The van der Waals surface area contributed by atoms with E-state index in [0.717, 1.165) is 17.0 Å². The molecule has 2 heterocycles. The van der Waals surface area contributed by atoms with E-state index in [0.29, 0.717) is 0 Å². The van der Waals surface area contributed by atoms with Gasteiger partial charge in [0.2, 0.25) is 0 Å². The molecule has 0 spiro atoms. The maximum atomic E-state index is 6.31. The smallest absolute Gasteiger partial charge is 0.0786 e. The molecule has 0 bridgehead atoms. The van der Waals surface area contributed by atoms with Crippen molar-refractivity contribution < 1.29 is 0 Å². The van der Waals surface area contributed by atoms with Crippen molar-refractivity contribution >= 4 is 31.5 Å². The topological polar surface area (TPSA) is 30.9 Å². The molecule has 2 aromatic heterocycles. The molecule has 4 aromatic rings. The molecule has 0 unspecified atom stereocenters. The Morgan fingerprint density at radius 1 is 0.950 bits per heavy atom. The minimum atomic E-state index is 1.11. The fourth-order valence-corrected chi connectivity index (χ4v) is 4.01. The van der Waals surface area contributed by atoms with E-state index >= 15 is 0 Å². The van der Waals surface area contributed by atoms with Crippen LogP contribution in [0.25, 0.3) is 31.4 Å². The van der Waals surface area contributed by atoms with Gasteiger partial charge < -0.3 is 5.84 Å². The molecule has 0 radical (unpaired) electrons. The molecule has 0 aliphatic rings. The third-order valence-electron chi connectivity index (χ3n) is 3.81. The quantitative estimate of drug-likeness (QED) is 0.509. The Morgan fingerprint density at radius 3 is 2.45 bits per heavy atom. The second kappa shape index (κ2) is 4.12. The highest BCUT2D eigenvalue weighted by Crippen LogP contribution is 2.42. The Kier molecular flexibility index (Phi) is 2.38. The Hall–Kier alpha value is -2.26. The first kappa shape index (κ1) is 11.6. The van der Waals surface area contributed by atoms with Gasteiger partial charge in [-0.2, -0.15) is 0 Å². The van der Waals surface area contributed by atoms with Crippen LogP contribution in [0.4, 0.5) is 0 Å². The van der Waals surface area contributed by atoms with Crippen LogP contribution in [0.5, 0.6) is 0 Å². The van der Waals surface area contributed by atoms with Crippen molar-refractivity contribution in [2.75, 3.05) is 5.84 Å². The summed E-state index contributed by atoms with van der Waals surface area (Å²) < 4.78 is 4.43. The molecule has 0 atom stereocenters. The molecule has 0 saturated heterocycles. The fourth-order valence-electron chi connectivity index (χ4n) is 2.81. The molecule has 2 N–H and O–H groups in total. The highest BCUT2D eigenvalue weighted by Gasteiger charge is 2.18. The molecule has 4 rings (SSSR count). The minimum absolute atomic E-state index is 1.11. The lowest BCUT2D eigenvalue weighted by Gasteiger charge is -2.06. The van der Waals surface area contributed by atoms with E-state index in [9.17, 15) is 0 Å². The summed E-state index contributed by atoms with van der Waals surface area (Å²) in [5.74, 6) is 6.31. The van der Waals surface area contributed by atoms with Gasteiger partial charge in [-0.3, -0.25) is 4.68 Å². The summed E-state index contributed by atoms with van der Waals surface area (Å²) in [5.41, 5.74) is 3.40. The summed E-state index contributed by atoms with van der Waals surface area (Å²) in [6.45, 7) is 2.09. The number of nitrogens with two attached hydrogens (primary N) is 1. The van der Waals surface area contributed by atoms with Crippen LogP contribution in [-0.2, 0) is 0 Å². The van der Waals surface area contributed by atoms with E-state index in [1.807, 2.05) is 22.1 Å². The minimum Gasteiger partial charge on any atom is -0.339 e.